The van der Waals surface area contributed by atoms with Gasteiger partial charge in [0.2, 0.25) is 0 Å². The Labute approximate surface area is 180 Å². The van der Waals surface area contributed by atoms with Crippen molar-refractivity contribution in [2.45, 2.75) is 57.9 Å². The smallest absolute Gasteiger partial charge is 0.0591 e. The Bertz CT molecular complexity index is 1190. The first-order chi connectivity index (χ1) is 14.4. The molecule has 1 heteroatoms. The molecule has 2 aliphatic carbocycles. The first-order valence-corrected chi connectivity index (χ1v) is 11.3. The fraction of sp³-hybridized carbons (Fsp3) is 0.310. The Morgan fingerprint density at radius 1 is 1.00 bits per heavy atom. The highest BCUT2D eigenvalue weighted by atomic mass is 15.0. The maximum absolute atomic E-state index is 3.88. The molecule has 0 saturated carbocycles. The zero-order chi connectivity index (χ0) is 20.9. The minimum Gasteiger partial charge on any atom is -0.379 e. The van der Waals surface area contributed by atoms with Crippen LogP contribution in [0.15, 0.2) is 78.5 Å². The monoisotopic (exact) mass is 393 g/mol. The summed E-state index contributed by atoms with van der Waals surface area (Å²) in [4.78, 5) is 0. The van der Waals surface area contributed by atoms with Crippen molar-refractivity contribution in [2.75, 3.05) is 0 Å². The van der Waals surface area contributed by atoms with E-state index in [4.69, 9.17) is 0 Å². The summed E-state index contributed by atoms with van der Waals surface area (Å²) in [5.41, 5.74) is 8.35. The van der Waals surface area contributed by atoms with Crippen molar-refractivity contribution in [3.05, 3.63) is 95.2 Å². The van der Waals surface area contributed by atoms with Gasteiger partial charge in [0.15, 0.2) is 0 Å². The van der Waals surface area contributed by atoms with E-state index >= 15 is 0 Å². The van der Waals surface area contributed by atoms with Crippen LogP contribution in [0.2, 0.25) is 0 Å². The Hall–Kier alpha value is -2.80. The van der Waals surface area contributed by atoms with Crippen LogP contribution in [-0.4, -0.2) is 0 Å². The van der Waals surface area contributed by atoms with Crippen molar-refractivity contribution in [1.82, 2.24) is 5.32 Å². The molecular formula is C29H31N. The lowest BCUT2D eigenvalue weighted by Crippen LogP contribution is -2.38. The van der Waals surface area contributed by atoms with Gasteiger partial charge in [-0.25, -0.2) is 0 Å². The molecule has 0 spiro atoms. The summed E-state index contributed by atoms with van der Waals surface area (Å²) in [5.74, 6) is 0. The summed E-state index contributed by atoms with van der Waals surface area (Å²) in [6, 6.07) is 20.6. The Kier molecular flexibility index (Phi) is 4.39. The van der Waals surface area contributed by atoms with Gasteiger partial charge < -0.3 is 5.32 Å². The molecule has 0 aliphatic heterocycles. The Balaban J connectivity index is 1.62. The minimum absolute atomic E-state index is 0.0109. The van der Waals surface area contributed by atoms with E-state index in [1.54, 1.807) is 0 Å². The molecule has 3 aromatic rings. The average molecular weight is 394 g/mol. The normalized spacial score (nSPS) is 18.5. The molecule has 1 nitrogen and oxygen atoms in total. The second-order valence-corrected chi connectivity index (χ2v) is 9.56. The van der Waals surface area contributed by atoms with Gasteiger partial charge in [-0.2, -0.15) is 0 Å². The SMILES string of the molecule is CCC(C)(NC1=CC=CCC1)c1ccc2c(c1)C(C)(C)c1c-2ccc2ccccc12. The van der Waals surface area contributed by atoms with Gasteiger partial charge in [-0.15, -0.1) is 0 Å². The van der Waals surface area contributed by atoms with E-state index in [-0.39, 0.29) is 11.0 Å². The summed E-state index contributed by atoms with van der Waals surface area (Å²) in [7, 11) is 0. The molecular weight excluding hydrogens is 362 g/mol. The maximum Gasteiger partial charge on any atom is 0.0591 e. The third-order valence-corrected chi connectivity index (χ3v) is 7.33. The fourth-order valence-electron chi connectivity index (χ4n) is 5.37. The standard InChI is InChI=1S/C29H31N/c1-5-29(4,30-22-12-7-6-8-13-22)21-16-18-24-25-17-15-20-11-9-10-14-23(20)27(25)28(2,3)26(24)19-21/h6-7,9-12,14-19,30H,5,8,13H2,1-4H3. The molecule has 1 atom stereocenters. The van der Waals surface area contributed by atoms with Crippen molar-refractivity contribution in [3.8, 4) is 11.1 Å². The molecule has 2 aliphatic rings. The number of rotatable bonds is 4. The van der Waals surface area contributed by atoms with E-state index in [2.05, 4.69) is 106 Å². The maximum atomic E-state index is 3.88. The van der Waals surface area contributed by atoms with Crippen LogP contribution in [-0.2, 0) is 11.0 Å². The van der Waals surface area contributed by atoms with Crippen molar-refractivity contribution >= 4 is 10.8 Å². The number of fused-ring (bicyclic) bond motifs is 5. The second-order valence-electron chi connectivity index (χ2n) is 9.56. The molecule has 0 aromatic heterocycles. The van der Waals surface area contributed by atoms with Gasteiger partial charge in [0.1, 0.15) is 0 Å². The highest BCUT2D eigenvalue weighted by Gasteiger charge is 2.38. The van der Waals surface area contributed by atoms with Crippen molar-refractivity contribution in [1.29, 1.82) is 0 Å². The van der Waals surface area contributed by atoms with Gasteiger partial charge in [0.25, 0.3) is 0 Å². The van der Waals surface area contributed by atoms with Gasteiger partial charge in [-0.1, -0.05) is 87.5 Å². The van der Waals surface area contributed by atoms with E-state index in [9.17, 15) is 0 Å². The van der Waals surface area contributed by atoms with E-state index in [0.29, 0.717) is 0 Å². The van der Waals surface area contributed by atoms with Crippen LogP contribution in [0.3, 0.4) is 0 Å². The second kappa shape index (κ2) is 6.87. The first kappa shape index (κ1) is 19.2. The molecule has 1 N–H and O–H groups in total. The molecule has 152 valence electrons. The number of nitrogens with one attached hydrogen (secondary N) is 1. The zero-order valence-corrected chi connectivity index (χ0v) is 18.5. The van der Waals surface area contributed by atoms with Gasteiger partial charge >= 0.3 is 0 Å². The van der Waals surface area contributed by atoms with Crippen molar-refractivity contribution in [3.63, 3.8) is 0 Å². The molecule has 0 amide bonds. The summed E-state index contributed by atoms with van der Waals surface area (Å²) in [6.07, 6.45) is 9.92. The van der Waals surface area contributed by atoms with Crippen LogP contribution >= 0.6 is 0 Å². The predicted octanol–water partition coefficient (Wildman–Crippen LogP) is 7.59. The van der Waals surface area contributed by atoms with Crippen LogP contribution < -0.4 is 5.32 Å². The molecule has 1 unspecified atom stereocenters. The van der Waals surface area contributed by atoms with Gasteiger partial charge in [-0.3, -0.25) is 0 Å². The molecule has 0 saturated heterocycles. The number of hydrogen-bond donors (Lipinski definition) is 1. The van der Waals surface area contributed by atoms with Gasteiger partial charge in [0, 0.05) is 11.1 Å². The van der Waals surface area contributed by atoms with E-state index in [0.717, 1.165) is 19.3 Å². The minimum atomic E-state index is -0.0705. The summed E-state index contributed by atoms with van der Waals surface area (Å²) in [5, 5.41) is 6.59. The molecule has 30 heavy (non-hydrogen) atoms. The first-order valence-electron chi connectivity index (χ1n) is 11.3. The van der Waals surface area contributed by atoms with E-state index in [1.165, 1.54) is 44.3 Å². The average Bonchev–Trinajstić information content (AvgIpc) is 3.01. The Morgan fingerprint density at radius 3 is 2.57 bits per heavy atom. The predicted molar refractivity (Wildman–Crippen MR) is 129 cm³/mol. The number of allylic oxidation sites excluding steroid dienone is 4. The Morgan fingerprint density at radius 2 is 1.80 bits per heavy atom. The van der Waals surface area contributed by atoms with Gasteiger partial charge in [-0.05, 0) is 70.9 Å². The largest absolute Gasteiger partial charge is 0.379 e. The topological polar surface area (TPSA) is 12.0 Å². The highest BCUT2D eigenvalue weighted by Crippen LogP contribution is 2.52. The quantitative estimate of drug-likeness (QED) is 0.481. The van der Waals surface area contributed by atoms with Crippen LogP contribution in [0.4, 0.5) is 0 Å². The van der Waals surface area contributed by atoms with Crippen LogP contribution in [0.5, 0.6) is 0 Å². The zero-order valence-electron chi connectivity index (χ0n) is 18.5. The molecule has 0 heterocycles. The third kappa shape index (κ3) is 2.83. The lowest BCUT2D eigenvalue weighted by molar-refractivity contribution is 0.382. The molecule has 0 radical (unpaired) electrons. The highest BCUT2D eigenvalue weighted by molar-refractivity contribution is 5.97. The van der Waals surface area contributed by atoms with Crippen LogP contribution in [0, 0.1) is 0 Å². The molecule has 0 bridgehead atoms. The van der Waals surface area contributed by atoms with E-state index in [1.807, 2.05) is 0 Å². The lowest BCUT2D eigenvalue weighted by Gasteiger charge is -2.34. The summed E-state index contributed by atoms with van der Waals surface area (Å²) >= 11 is 0. The van der Waals surface area contributed by atoms with E-state index < -0.39 is 0 Å². The lowest BCUT2D eigenvalue weighted by atomic mass is 9.78. The van der Waals surface area contributed by atoms with Crippen LogP contribution in [0.1, 0.15) is 63.6 Å². The summed E-state index contributed by atoms with van der Waals surface area (Å²) in [6.45, 7) is 9.41. The van der Waals surface area contributed by atoms with Crippen LogP contribution in [0.25, 0.3) is 21.9 Å². The fourth-order valence-corrected chi connectivity index (χ4v) is 5.37. The molecule has 5 rings (SSSR count). The number of hydrogen-bond acceptors (Lipinski definition) is 1. The summed E-state index contributed by atoms with van der Waals surface area (Å²) < 4.78 is 0. The van der Waals surface area contributed by atoms with Gasteiger partial charge in [0.05, 0.1) is 5.54 Å². The number of benzene rings is 3. The van der Waals surface area contributed by atoms with Crippen molar-refractivity contribution < 1.29 is 0 Å². The molecule has 0 fully saturated rings. The van der Waals surface area contributed by atoms with Crippen molar-refractivity contribution in [2.24, 2.45) is 0 Å². The molecule has 3 aromatic carbocycles. The third-order valence-electron chi connectivity index (χ3n) is 7.33.